The van der Waals surface area contributed by atoms with Gasteiger partial charge in [0.2, 0.25) is 0 Å². The van der Waals surface area contributed by atoms with Crippen LogP contribution in [0.3, 0.4) is 0 Å². The predicted molar refractivity (Wildman–Crippen MR) is 53.2 cm³/mol. The third kappa shape index (κ3) is 2.10. The SMILES string of the molecule is CC1(C)COB(c2cnsc2)OC1. The van der Waals surface area contributed by atoms with Crippen molar-refractivity contribution in [1.82, 2.24) is 4.37 Å². The average Bonchev–Trinajstić information content (AvgIpc) is 2.56. The molecule has 1 aromatic heterocycles. The molecule has 0 bridgehead atoms. The average molecular weight is 197 g/mol. The molecule has 1 aliphatic rings. The van der Waals surface area contributed by atoms with Gasteiger partial charge in [0.05, 0.1) is 0 Å². The molecule has 2 rings (SSSR count). The van der Waals surface area contributed by atoms with Crippen molar-refractivity contribution in [2.24, 2.45) is 5.41 Å². The molecular weight excluding hydrogens is 185 g/mol. The highest BCUT2D eigenvalue weighted by molar-refractivity contribution is 7.04. The molecule has 1 saturated heterocycles. The van der Waals surface area contributed by atoms with Crippen LogP contribution in [0.4, 0.5) is 0 Å². The second-order valence-electron chi connectivity index (χ2n) is 4.08. The van der Waals surface area contributed by atoms with Crippen molar-refractivity contribution in [2.75, 3.05) is 13.2 Å². The van der Waals surface area contributed by atoms with Crippen LogP contribution in [-0.4, -0.2) is 24.7 Å². The van der Waals surface area contributed by atoms with E-state index >= 15 is 0 Å². The Bertz CT molecular complexity index is 266. The molecule has 1 aromatic rings. The van der Waals surface area contributed by atoms with E-state index in [1.807, 2.05) is 5.38 Å². The smallest absolute Gasteiger partial charge is 0.407 e. The van der Waals surface area contributed by atoms with Crippen LogP contribution >= 0.6 is 11.5 Å². The molecule has 0 spiro atoms. The van der Waals surface area contributed by atoms with Crippen LogP contribution in [0, 0.1) is 5.41 Å². The lowest BCUT2D eigenvalue weighted by atomic mass is 9.78. The molecular formula is C8H12BNO2S. The summed E-state index contributed by atoms with van der Waals surface area (Å²) in [5.41, 5.74) is 1.17. The molecule has 0 atom stereocenters. The van der Waals surface area contributed by atoms with Crippen LogP contribution in [0.2, 0.25) is 0 Å². The van der Waals surface area contributed by atoms with Gasteiger partial charge in [0, 0.05) is 35.7 Å². The Labute approximate surface area is 82.4 Å². The summed E-state index contributed by atoms with van der Waals surface area (Å²) in [6, 6.07) is 0. The van der Waals surface area contributed by atoms with Gasteiger partial charge >= 0.3 is 7.12 Å². The Hall–Kier alpha value is -0.385. The zero-order chi connectivity index (χ0) is 9.31. The fraction of sp³-hybridized carbons (Fsp3) is 0.625. The van der Waals surface area contributed by atoms with E-state index < -0.39 is 0 Å². The fourth-order valence-corrected chi connectivity index (χ4v) is 1.75. The largest absolute Gasteiger partial charge is 0.496 e. The van der Waals surface area contributed by atoms with Gasteiger partial charge in [-0.2, -0.15) is 0 Å². The van der Waals surface area contributed by atoms with Gasteiger partial charge in [-0.1, -0.05) is 13.8 Å². The molecule has 2 heterocycles. The minimum Gasteiger partial charge on any atom is -0.407 e. The number of aromatic nitrogens is 1. The van der Waals surface area contributed by atoms with Gasteiger partial charge in [0.25, 0.3) is 0 Å². The van der Waals surface area contributed by atoms with Gasteiger partial charge in [-0.05, 0) is 11.5 Å². The normalized spacial score (nSPS) is 21.8. The van der Waals surface area contributed by atoms with Gasteiger partial charge in [-0.25, -0.2) is 4.37 Å². The minimum atomic E-state index is -0.202. The summed E-state index contributed by atoms with van der Waals surface area (Å²) in [5, 5.41) is 1.96. The predicted octanol–water partition coefficient (Wildman–Crippen LogP) is 0.911. The molecule has 0 radical (unpaired) electrons. The topological polar surface area (TPSA) is 31.4 Å². The van der Waals surface area contributed by atoms with Crippen molar-refractivity contribution in [3.63, 3.8) is 0 Å². The molecule has 0 amide bonds. The lowest BCUT2D eigenvalue weighted by Gasteiger charge is -2.32. The van der Waals surface area contributed by atoms with Crippen LogP contribution < -0.4 is 5.46 Å². The zero-order valence-electron chi connectivity index (χ0n) is 7.82. The highest BCUT2D eigenvalue weighted by Gasteiger charge is 2.33. The summed E-state index contributed by atoms with van der Waals surface area (Å²) in [7, 11) is -0.202. The lowest BCUT2D eigenvalue weighted by molar-refractivity contribution is 0.0343. The maximum Gasteiger partial charge on any atom is 0.496 e. The van der Waals surface area contributed by atoms with Crippen molar-refractivity contribution < 1.29 is 9.31 Å². The summed E-state index contributed by atoms with van der Waals surface area (Å²) in [6.45, 7) is 5.76. The number of hydrogen-bond acceptors (Lipinski definition) is 4. The van der Waals surface area contributed by atoms with Crippen LogP contribution in [0.1, 0.15) is 13.8 Å². The first kappa shape index (κ1) is 9.18. The van der Waals surface area contributed by atoms with E-state index in [1.54, 1.807) is 6.20 Å². The van der Waals surface area contributed by atoms with Gasteiger partial charge in [0.1, 0.15) is 0 Å². The quantitative estimate of drug-likeness (QED) is 0.627. The second-order valence-corrected chi connectivity index (χ2v) is 4.73. The first-order valence-electron chi connectivity index (χ1n) is 4.30. The summed E-state index contributed by atoms with van der Waals surface area (Å²) in [6.07, 6.45) is 1.80. The van der Waals surface area contributed by atoms with Crippen molar-refractivity contribution in [1.29, 1.82) is 0 Å². The third-order valence-corrected chi connectivity index (χ3v) is 2.58. The number of rotatable bonds is 1. The maximum atomic E-state index is 5.58. The van der Waals surface area contributed by atoms with E-state index in [4.69, 9.17) is 9.31 Å². The van der Waals surface area contributed by atoms with E-state index in [1.165, 1.54) is 11.5 Å². The highest BCUT2D eigenvalue weighted by atomic mass is 32.1. The van der Waals surface area contributed by atoms with Gasteiger partial charge < -0.3 is 9.31 Å². The van der Waals surface area contributed by atoms with Gasteiger partial charge in [-0.3, -0.25) is 0 Å². The summed E-state index contributed by atoms with van der Waals surface area (Å²) < 4.78 is 15.2. The van der Waals surface area contributed by atoms with Crippen molar-refractivity contribution in [3.8, 4) is 0 Å². The molecule has 70 valence electrons. The van der Waals surface area contributed by atoms with Gasteiger partial charge in [-0.15, -0.1) is 0 Å². The molecule has 0 aliphatic carbocycles. The summed E-state index contributed by atoms with van der Waals surface area (Å²) >= 11 is 1.42. The molecule has 3 nitrogen and oxygen atoms in total. The van der Waals surface area contributed by atoms with Crippen molar-refractivity contribution in [2.45, 2.75) is 13.8 Å². The van der Waals surface area contributed by atoms with E-state index in [0.717, 1.165) is 18.7 Å². The molecule has 13 heavy (non-hydrogen) atoms. The standard InChI is InChI=1S/C8H12BNO2S/c1-8(2)5-11-9(12-6-8)7-3-10-13-4-7/h3-4H,5-6H2,1-2H3. The Balaban J connectivity index is 1.99. The van der Waals surface area contributed by atoms with E-state index in [2.05, 4.69) is 18.2 Å². The van der Waals surface area contributed by atoms with Crippen LogP contribution in [0.5, 0.6) is 0 Å². The minimum absolute atomic E-state index is 0.139. The highest BCUT2D eigenvalue weighted by Crippen LogP contribution is 2.21. The van der Waals surface area contributed by atoms with E-state index in [-0.39, 0.29) is 12.5 Å². The van der Waals surface area contributed by atoms with Gasteiger partial charge in [0.15, 0.2) is 0 Å². The Kier molecular flexibility index (Phi) is 2.40. The molecule has 0 aromatic carbocycles. The maximum absolute atomic E-state index is 5.58. The molecule has 0 unspecified atom stereocenters. The third-order valence-electron chi connectivity index (χ3n) is 1.97. The summed E-state index contributed by atoms with van der Waals surface area (Å²) in [4.78, 5) is 0. The fourth-order valence-electron chi connectivity index (χ4n) is 1.21. The zero-order valence-corrected chi connectivity index (χ0v) is 8.63. The van der Waals surface area contributed by atoms with E-state index in [0.29, 0.717) is 0 Å². The van der Waals surface area contributed by atoms with Crippen LogP contribution in [0.25, 0.3) is 0 Å². The Morgan fingerprint density at radius 3 is 2.69 bits per heavy atom. The van der Waals surface area contributed by atoms with Crippen LogP contribution in [-0.2, 0) is 9.31 Å². The molecule has 1 aliphatic heterocycles. The van der Waals surface area contributed by atoms with E-state index in [9.17, 15) is 0 Å². The first-order chi connectivity index (χ1) is 6.17. The monoisotopic (exact) mass is 197 g/mol. The molecule has 0 saturated carbocycles. The molecule has 1 fully saturated rings. The Morgan fingerprint density at radius 1 is 1.46 bits per heavy atom. The number of hydrogen-bond donors (Lipinski definition) is 0. The second kappa shape index (κ2) is 3.40. The first-order valence-corrected chi connectivity index (χ1v) is 5.13. The van der Waals surface area contributed by atoms with Crippen molar-refractivity contribution in [3.05, 3.63) is 11.6 Å². The number of nitrogens with zero attached hydrogens (tertiary/aromatic N) is 1. The van der Waals surface area contributed by atoms with Crippen molar-refractivity contribution >= 4 is 24.1 Å². The molecule has 0 N–H and O–H groups in total. The summed E-state index contributed by atoms with van der Waals surface area (Å²) in [5.74, 6) is 0. The van der Waals surface area contributed by atoms with Crippen LogP contribution in [0.15, 0.2) is 11.6 Å². The lowest BCUT2D eigenvalue weighted by Crippen LogP contribution is -2.46. The Morgan fingerprint density at radius 2 is 2.15 bits per heavy atom. The molecule has 5 heteroatoms.